The summed E-state index contributed by atoms with van der Waals surface area (Å²) in [6, 6.07) is 15.6. The maximum Gasteiger partial charge on any atom is 0.270 e. The smallest absolute Gasteiger partial charge is 0.270 e. The number of aromatic hydroxyl groups is 1. The van der Waals surface area contributed by atoms with Crippen molar-refractivity contribution in [2.24, 2.45) is 5.10 Å². The minimum absolute atomic E-state index is 0.0616. The number of para-hydroxylation sites is 1. The summed E-state index contributed by atoms with van der Waals surface area (Å²) in [6.45, 7) is 0. The van der Waals surface area contributed by atoms with Crippen molar-refractivity contribution in [3.05, 3.63) is 86.1 Å². The second kappa shape index (κ2) is 6.35. The summed E-state index contributed by atoms with van der Waals surface area (Å²) in [4.78, 5) is 11.8. The molecule has 1 aromatic heterocycles. The quantitative estimate of drug-likeness (QED) is 0.519. The fraction of sp³-hybridized carbons (Fsp3) is 0.150. The Morgan fingerprint density at radius 1 is 1.18 bits per heavy atom. The summed E-state index contributed by atoms with van der Waals surface area (Å²) < 4.78 is 6.15. The van der Waals surface area contributed by atoms with Crippen LogP contribution in [0.5, 0.6) is 11.5 Å². The van der Waals surface area contributed by atoms with E-state index in [0.29, 0.717) is 17.7 Å². The van der Waals surface area contributed by atoms with E-state index in [9.17, 15) is 15.2 Å². The molecule has 7 nitrogen and oxygen atoms in total. The van der Waals surface area contributed by atoms with Crippen LogP contribution in [0.15, 0.2) is 65.1 Å². The molecule has 2 aromatic carbocycles. The molecule has 2 atom stereocenters. The molecule has 1 N–H and O–H groups in total. The van der Waals surface area contributed by atoms with Crippen molar-refractivity contribution in [2.45, 2.75) is 18.7 Å². The van der Waals surface area contributed by atoms with Crippen molar-refractivity contribution in [2.75, 3.05) is 0 Å². The molecule has 0 radical (unpaired) electrons. The van der Waals surface area contributed by atoms with Crippen LogP contribution in [-0.4, -0.2) is 20.8 Å². The normalized spacial score (nSPS) is 20.1. The molecule has 2 aliphatic rings. The number of rotatable bonds is 3. The van der Waals surface area contributed by atoms with Gasteiger partial charge < -0.3 is 9.84 Å². The van der Waals surface area contributed by atoms with Gasteiger partial charge in [-0.3, -0.25) is 10.1 Å². The summed E-state index contributed by atoms with van der Waals surface area (Å²) in [5.74, 6) is 0.635. The Morgan fingerprint density at radius 2 is 2.04 bits per heavy atom. The van der Waals surface area contributed by atoms with Gasteiger partial charge >= 0.3 is 0 Å². The Bertz CT molecular complexity index is 1100. The molecule has 0 amide bonds. The van der Waals surface area contributed by atoms with Crippen LogP contribution in [0.2, 0.25) is 0 Å². The summed E-state index contributed by atoms with van der Waals surface area (Å²) in [5.41, 5.74) is 2.17. The number of nitro groups is 1. The van der Waals surface area contributed by atoms with Crippen molar-refractivity contribution >= 4 is 22.7 Å². The highest BCUT2D eigenvalue weighted by Crippen LogP contribution is 2.49. The lowest BCUT2D eigenvalue weighted by Gasteiger charge is -2.38. The number of nitrogens with zero attached hydrogens (tertiary/aromatic N) is 3. The standard InChI is InChI=1S/C20H15N3O4S/c24-17-8-7-12(23(25)26)10-14(17)20-22-16(13-4-1-2-5-18(13)27-20)11-15(21-22)19-6-3-9-28-19/h1-10,16,20,24H,11H2/t16-,20+/m1/s1. The van der Waals surface area contributed by atoms with Crippen molar-refractivity contribution < 1.29 is 14.8 Å². The first kappa shape index (κ1) is 16.8. The minimum atomic E-state index is -0.753. The van der Waals surface area contributed by atoms with E-state index in [1.165, 1.54) is 18.2 Å². The molecule has 140 valence electrons. The molecule has 0 saturated carbocycles. The van der Waals surface area contributed by atoms with Crippen molar-refractivity contribution in [3.63, 3.8) is 0 Å². The van der Waals surface area contributed by atoms with E-state index in [2.05, 4.69) is 0 Å². The molecule has 5 rings (SSSR count). The van der Waals surface area contributed by atoms with Crippen LogP contribution < -0.4 is 4.74 Å². The first-order chi connectivity index (χ1) is 13.6. The number of phenols is 1. The molecule has 8 heteroatoms. The maximum absolute atomic E-state index is 11.2. The van der Waals surface area contributed by atoms with Crippen LogP contribution in [0, 0.1) is 10.1 Å². The van der Waals surface area contributed by atoms with Crippen molar-refractivity contribution in [1.29, 1.82) is 0 Å². The topological polar surface area (TPSA) is 88.2 Å². The Morgan fingerprint density at radius 3 is 2.82 bits per heavy atom. The van der Waals surface area contributed by atoms with Gasteiger partial charge in [0.15, 0.2) is 0 Å². The third-order valence-electron chi connectivity index (χ3n) is 4.99. The van der Waals surface area contributed by atoms with Gasteiger partial charge in [-0.25, -0.2) is 5.01 Å². The number of hydrazone groups is 1. The third-order valence-corrected chi connectivity index (χ3v) is 5.91. The van der Waals surface area contributed by atoms with E-state index >= 15 is 0 Å². The van der Waals surface area contributed by atoms with Crippen LogP contribution in [0.4, 0.5) is 5.69 Å². The fourth-order valence-electron chi connectivity index (χ4n) is 3.68. The van der Waals surface area contributed by atoms with E-state index in [4.69, 9.17) is 9.84 Å². The zero-order chi connectivity index (χ0) is 19.3. The van der Waals surface area contributed by atoms with Gasteiger partial charge in [0.25, 0.3) is 5.69 Å². The number of nitro benzene ring substituents is 1. The molecular formula is C20H15N3O4S. The highest BCUT2D eigenvalue weighted by Gasteiger charge is 2.42. The maximum atomic E-state index is 11.2. The van der Waals surface area contributed by atoms with Gasteiger partial charge in [0.1, 0.15) is 11.5 Å². The molecule has 28 heavy (non-hydrogen) atoms. The van der Waals surface area contributed by atoms with Gasteiger partial charge in [-0.05, 0) is 23.6 Å². The Hall–Kier alpha value is -3.39. The van der Waals surface area contributed by atoms with Gasteiger partial charge in [0, 0.05) is 24.1 Å². The molecule has 0 unspecified atom stereocenters. The first-order valence-corrected chi connectivity index (χ1v) is 9.62. The minimum Gasteiger partial charge on any atom is -0.507 e. The fourth-order valence-corrected chi connectivity index (χ4v) is 4.41. The summed E-state index contributed by atoms with van der Waals surface area (Å²) in [6.07, 6.45) is -0.0511. The zero-order valence-electron chi connectivity index (χ0n) is 14.6. The SMILES string of the molecule is O=[N+]([O-])c1ccc(O)c([C@@H]2Oc3ccccc3[C@H]3CC(c4cccs4)=NN32)c1. The number of benzene rings is 2. The van der Waals surface area contributed by atoms with E-state index in [1.807, 2.05) is 41.8 Å². The van der Waals surface area contributed by atoms with Crippen LogP contribution in [0.3, 0.4) is 0 Å². The van der Waals surface area contributed by atoms with E-state index in [-0.39, 0.29) is 17.5 Å². The molecule has 0 bridgehead atoms. The van der Waals surface area contributed by atoms with Gasteiger partial charge in [0.05, 0.1) is 27.1 Å². The zero-order valence-corrected chi connectivity index (χ0v) is 15.4. The summed E-state index contributed by atoms with van der Waals surface area (Å²) in [7, 11) is 0. The second-order valence-corrected chi connectivity index (χ2v) is 7.58. The van der Waals surface area contributed by atoms with E-state index < -0.39 is 11.2 Å². The molecule has 0 spiro atoms. The second-order valence-electron chi connectivity index (χ2n) is 6.63. The van der Waals surface area contributed by atoms with Gasteiger partial charge in [-0.15, -0.1) is 11.3 Å². The molecule has 0 aliphatic carbocycles. The van der Waals surface area contributed by atoms with Crippen LogP contribution in [0.25, 0.3) is 0 Å². The van der Waals surface area contributed by atoms with Crippen LogP contribution >= 0.6 is 11.3 Å². The number of hydrogen-bond acceptors (Lipinski definition) is 7. The lowest BCUT2D eigenvalue weighted by molar-refractivity contribution is -0.385. The number of thiophene rings is 1. The lowest BCUT2D eigenvalue weighted by atomic mass is 9.97. The monoisotopic (exact) mass is 393 g/mol. The predicted molar refractivity (Wildman–Crippen MR) is 105 cm³/mol. The van der Waals surface area contributed by atoms with Crippen LogP contribution in [-0.2, 0) is 0 Å². The van der Waals surface area contributed by atoms with E-state index in [0.717, 1.165) is 16.2 Å². The Kier molecular flexibility index (Phi) is 3.80. The summed E-state index contributed by atoms with van der Waals surface area (Å²) in [5, 5.41) is 30.2. The van der Waals surface area contributed by atoms with Crippen LogP contribution in [0.1, 0.15) is 34.7 Å². The third kappa shape index (κ3) is 2.61. The van der Waals surface area contributed by atoms with E-state index in [1.54, 1.807) is 16.3 Å². The summed E-state index contributed by atoms with van der Waals surface area (Å²) >= 11 is 1.62. The number of non-ortho nitro benzene ring substituents is 1. The highest BCUT2D eigenvalue weighted by molar-refractivity contribution is 7.12. The lowest BCUT2D eigenvalue weighted by Crippen LogP contribution is -2.33. The molecular weight excluding hydrogens is 378 g/mol. The average molecular weight is 393 g/mol. The van der Waals surface area contributed by atoms with Gasteiger partial charge in [-0.1, -0.05) is 24.3 Å². The average Bonchev–Trinajstić information content (AvgIpc) is 3.37. The largest absolute Gasteiger partial charge is 0.507 e. The Balaban J connectivity index is 1.64. The van der Waals surface area contributed by atoms with Gasteiger partial charge in [-0.2, -0.15) is 5.10 Å². The molecule has 2 aliphatic heterocycles. The molecule has 0 fully saturated rings. The number of fused-ring (bicyclic) bond motifs is 3. The van der Waals surface area contributed by atoms with Crippen molar-refractivity contribution in [1.82, 2.24) is 5.01 Å². The van der Waals surface area contributed by atoms with Gasteiger partial charge in [0.2, 0.25) is 6.23 Å². The first-order valence-electron chi connectivity index (χ1n) is 8.74. The Labute approximate surface area is 164 Å². The van der Waals surface area contributed by atoms with Crippen molar-refractivity contribution in [3.8, 4) is 11.5 Å². The molecule has 3 aromatic rings. The molecule has 0 saturated heterocycles. The predicted octanol–water partition coefficient (Wildman–Crippen LogP) is 4.60. The number of ether oxygens (including phenoxy) is 1. The number of phenolic OH excluding ortho intramolecular Hbond substituents is 1. The highest BCUT2D eigenvalue weighted by atomic mass is 32.1. The number of hydrogen-bond donors (Lipinski definition) is 1. The molecule has 3 heterocycles.